The second-order valence-corrected chi connectivity index (χ2v) is 5.55. The Labute approximate surface area is 107 Å². The highest BCUT2D eigenvalue weighted by molar-refractivity contribution is 6.31. The van der Waals surface area contributed by atoms with E-state index in [1.165, 1.54) is 31.2 Å². The van der Waals surface area contributed by atoms with Gasteiger partial charge in [0.05, 0.1) is 5.02 Å². The van der Waals surface area contributed by atoms with Crippen molar-refractivity contribution in [3.8, 4) is 0 Å². The topological polar surface area (TPSA) is 12.9 Å². The maximum atomic E-state index is 6.43. The summed E-state index contributed by atoms with van der Waals surface area (Å²) in [5.41, 5.74) is 1.19. The van der Waals surface area contributed by atoms with Crippen LogP contribution in [0.5, 0.6) is 0 Å². The highest BCUT2D eigenvalue weighted by atomic mass is 35.5. The van der Waals surface area contributed by atoms with Crippen LogP contribution in [0.15, 0.2) is 18.5 Å². The molecule has 3 heteroatoms. The minimum absolute atomic E-state index is 0.312. The van der Waals surface area contributed by atoms with Crippen LogP contribution >= 0.6 is 23.2 Å². The maximum absolute atomic E-state index is 6.43. The van der Waals surface area contributed by atoms with Gasteiger partial charge in [-0.1, -0.05) is 30.9 Å². The van der Waals surface area contributed by atoms with E-state index in [0.29, 0.717) is 11.3 Å². The average Bonchev–Trinajstić information content (AvgIpc) is 2.48. The smallest absolute Gasteiger partial charge is 0.0621 e. The summed E-state index contributed by atoms with van der Waals surface area (Å²) in [7, 11) is 0. The molecule has 1 aliphatic carbocycles. The second kappa shape index (κ2) is 5.88. The Morgan fingerprint density at radius 2 is 2.06 bits per heavy atom. The molecule has 1 fully saturated rings. The van der Waals surface area contributed by atoms with Crippen LogP contribution in [0.4, 0.5) is 0 Å². The molecule has 0 N–H and O–H groups in total. The summed E-state index contributed by atoms with van der Waals surface area (Å²) in [6, 6.07) is 2.01. The van der Waals surface area contributed by atoms with Crippen LogP contribution in [0, 0.1) is 5.92 Å². The fourth-order valence-corrected chi connectivity index (χ4v) is 2.99. The molecule has 88 valence electrons. The van der Waals surface area contributed by atoms with E-state index < -0.39 is 0 Å². The summed E-state index contributed by atoms with van der Waals surface area (Å²) in [5.74, 6) is 0.573. The van der Waals surface area contributed by atoms with E-state index in [1.807, 2.05) is 6.07 Å². The molecule has 0 bridgehead atoms. The highest BCUT2D eigenvalue weighted by Gasteiger charge is 2.22. The summed E-state index contributed by atoms with van der Waals surface area (Å²) < 4.78 is 0. The largest absolute Gasteiger partial charge is 0.263 e. The minimum Gasteiger partial charge on any atom is -0.263 e. The van der Waals surface area contributed by atoms with Gasteiger partial charge in [-0.25, -0.2) is 0 Å². The van der Waals surface area contributed by atoms with Crippen molar-refractivity contribution in [3.05, 3.63) is 29.0 Å². The lowest BCUT2D eigenvalue weighted by Crippen LogP contribution is -2.16. The van der Waals surface area contributed by atoms with E-state index in [9.17, 15) is 0 Å². The number of hydrogen-bond donors (Lipinski definition) is 0. The van der Waals surface area contributed by atoms with Crippen LogP contribution in [0.2, 0.25) is 5.02 Å². The van der Waals surface area contributed by atoms with E-state index in [2.05, 4.69) is 4.98 Å². The molecule has 1 heterocycles. The molecular formula is C13H17Cl2N. The molecule has 1 saturated carbocycles. The molecule has 0 spiro atoms. The molecule has 2 unspecified atom stereocenters. The Balaban J connectivity index is 2.05. The zero-order valence-electron chi connectivity index (χ0n) is 9.33. The Hall–Kier alpha value is -0.270. The van der Waals surface area contributed by atoms with Crippen LogP contribution in [0.3, 0.4) is 0 Å². The number of nitrogens with zero attached hydrogens (tertiary/aromatic N) is 1. The van der Waals surface area contributed by atoms with Gasteiger partial charge in [0, 0.05) is 17.8 Å². The Kier molecular flexibility index (Phi) is 4.48. The monoisotopic (exact) mass is 257 g/mol. The molecule has 0 amide bonds. The summed E-state index contributed by atoms with van der Waals surface area (Å²) in [6.45, 7) is 0. The number of halogens is 2. The summed E-state index contributed by atoms with van der Waals surface area (Å²) in [6.07, 6.45) is 10.8. The average molecular weight is 258 g/mol. The van der Waals surface area contributed by atoms with Crippen molar-refractivity contribution in [2.75, 3.05) is 0 Å². The first-order chi connectivity index (χ1) is 7.77. The third-order valence-electron chi connectivity index (χ3n) is 3.40. The van der Waals surface area contributed by atoms with Gasteiger partial charge in [0.1, 0.15) is 0 Å². The Morgan fingerprint density at radius 1 is 1.25 bits per heavy atom. The molecule has 2 rings (SSSR count). The van der Waals surface area contributed by atoms with Gasteiger partial charge in [-0.2, -0.15) is 0 Å². The molecule has 1 aromatic heterocycles. The molecule has 0 aromatic carbocycles. The van der Waals surface area contributed by atoms with E-state index in [1.54, 1.807) is 12.4 Å². The van der Waals surface area contributed by atoms with Gasteiger partial charge in [-0.05, 0) is 36.8 Å². The quantitative estimate of drug-likeness (QED) is 0.563. The van der Waals surface area contributed by atoms with E-state index in [0.717, 1.165) is 17.9 Å². The lowest BCUT2D eigenvalue weighted by atomic mass is 9.92. The maximum Gasteiger partial charge on any atom is 0.0621 e. The van der Waals surface area contributed by atoms with Crippen molar-refractivity contribution in [2.24, 2.45) is 5.92 Å². The number of rotatable bonds is 2. The summed E-state index contributed by atoms with van der Waals surface area (Å²) in [4.78, 5) is 4.01. The fraction of sp³-hybridized carbons (Fsp3) is 0.615. The predicted octanol–water partition coefficient (Wildman–Crippen LogP) is 4.47. The van der Waals surface area contributed by atoms with Crippen molar-refractivity contribution in [2.45, 2.75) is 43.9 Å². The number of pyridine rings is 1. The zero-order valence-corrected chi connectivity index (χ0v) is 10.8. The second-order valence-electron chi connectivity index (χ2n) is 4.59. The van der Waals surface area contributed by atoms with E-state index in [-0.39, 0.29) is 0 Å². The summed E-state index contributed by atoms with van der Waals surface area (Å²) >= 11 is 12.6. The van der Waals surface area contributed by atoms with Gasteiger partial charge in [0.15, 0.2) is 0 Å². The van der Waals surface area contributed by atoms with E-state index >= 15 is 0 Å². The number of hydrogen-bond acceptors (Lipinski definition) is 1. The predicted molar refractivity (Wildman–Crippen MR) is 69.2 cm³/mol. The first kappa shape index (κ1) is 12.2. The number of alkyl halides is 1. The number of aromatic nitrogens is 1. The molecular weight excluding hydrogens is 241 g/mol. The normalized spacial score (nSPS) is 26.4. The van der Waals surface area contributed by atoms with Crippen molar-refractivity contribution in [3.63, 3.8) is 0 Å². The third kappa shape index (κ3) is 3.11. The lowest BCUT2D eigenvalue weighted by molar-refractivity contribution is 0.465. The van der Waals surface area contributed by atoms with E-state index in [4.69, 9.17) is 23.2 Å². The first-order valence-corrected chi connectivity index (χ1v) is 6.81. The van der Waals surface area contributed by atoms with Crippen molar-refractivity contribution in [1.29, 1.82) is 0 Å². The van der Waals surface area contributed by atoms with Gasteiger partial charge in [-0.3, -0.25) is 4.98 Å². The molecule has 1 aliphatic rings. The molecule has 0 saturated heterocycles. The molecule has 0 aliphatic heterocycles. The third-order valence-corrected chi connectivity index (χ3v) is 4.32. The molecule has 16 heavy (non-hydrogen) atoms. The lowest BCUT2D eigenvalue weighted by Gasteiger charge is -2.19. The van der Waals surface area contributed by atoms with Gasteiger partial charge in [0.25, 0.3) is 0 Å². The van der Waals surface area contributed by atoms with Gasteiger partial charge < -0.3 is 0 Å². The SMILES string of the molecule is Clc1cnccc1CC1CCCCCC1Cl. The van der Waals surface area contributed by atoms with Crippen molar-refractivity contribution >= 4 is 23.2 Å². The van der Waals surface area contributed by atoms with Crippen LogP contribution in [0.1, 0.15) is 37.7 Å². The van der Waals surface area contributed by atoms with Gasteiger partial charge in [-0.15, -0.1) is 11.6 Å². The zero-order chi connectivity index (χ0) is 11.4. The first-order valence-electron chi connectivity index (χ1n) is 6.00. The van der Waals surface area contributed by atoms with Gasteiger partial charge in [0.2, 0.25) is 0 Å². The van der Waals surface area contributed by atoms with Crippen molar-refractivity contribution < 1.29 is 0 Å². The summed E-state index contributed by atoms with van der Waals surface area (Å²) in [5, 5.41) is 1.09. The van der Waals surface area contributed by atoms with Crippen LogP contribution in [-0.4, -0.2) is 10.4 Å². The Morgan fingerprint density at radius 3 is 2.88 bits per heavy atom. The van der Waals surface area contributed by atoms with Gasteiger partial charge >= 0.3 is 0 Å². The molecule has 2 atom stereocenters. The van der Waals surface area contributed by atoms with Crippen molar-refractivity contribution in [1.82, 2.24) is 4.98 Å². The van der Waals surface area contributed by atoms with Crippen LogP contribution < -0.4 is 0 Å². The minimum atomic E-state index is 0.312. The van der Waals surface area contributed by atoms with Crippen LogP contribution in [-0.2, 0) is 6.42 Å². The highest BCUT2D eigenvalue weighted by Crippen LogP contribution is 2.31. The molecule has 1 aromatic rings. The Bertz CT molecular complexity index is 340. The standard InChI is InChI=1S/C13H17Cl2N/c14-12-5-3-1-2-4-10(12)8-11-6-7-16-9-13(11)15/h6-7,9-10,12H,1-5,8H2. The molecule has 1 nitrogen and oxygen atoms in total. The fourth-order valence-electron chi connectivity index (χ4n) is 2.42. The van der Waals surface area contributed by atoms with Crippen LogP contribution in [0.25, 0.3) is 0 Å². The molecule has 0 radical (unpaired) electrons.